The molecule has 3 rings (SSSR count). The lowest BCUT2D eigenvalue weighted by atomic mass is 10.2. The number of hydrogen-bond acceptors (Lipinski definition) is 2. The molecule has 0 amide bonds. The highest BCUT2D eigenvalue weighted by Crippen LogP contribution is 2.40. The summed E-state index contributed by atoms with van der Waals surface area (Å²) in [5.41, 5.74) is 2.54. The summed E-state index contributed by atoms with van der Waals surface area (Å²) < 4.78 is 0. The molecule has 0 bridgehead atoms. The van der Waals surface area contributed by atoms with Crippen molar-refractivity contribution in [3.8, 4) is 0 Å². The zero-order valence-corrected chi connectivity index (χ0v) is 11.5. The molecule has 1 aromatic heterocycles. The zero-order chi connectivity index (χ0) is 13.1. The Kier molecular flexibility index (Phi) is 3.85. The first-order valence-corrected chi connectivity index (χ1v) is 7.11. The van der Waals surface area contributed by atoms with E-state index in [-0.39, 0.29) is 0 Å². The van der Waals surface area contributed by atoms with Gasteiger partial charge in [-0.15, -0.1) is 0 Å². The van der Waals surface area contributed by atoms with Crippen molar-refractivity contribution in [1.82, 2.24) is 15.3 Å². The number of halogens is 1. The van der Waals surface area contributed by atoms with Crippen LogP contribution in [0.25, 0.3) is 0 Å². The summed E-state index contributed by atoms with van der Waals surface area (Å²) >= 11 is 5.86. The second kappa shape index (κ2) is 5.76. The summed E-state index contributed by atoms with van der Waals surface area (Å²) in [6, 6.07) is 8.03. The van der Waals surface area contributed by atoms with Crippen molar-refractivity contribution in [2.24, 2.45) is 11.8 Å². The lowest BCUT2D eigenvalue weighted by Gasteiger charge is -2.04. The van der Waals surface area contributed by atoms with E-state index in [1.165, 1.54) is 17.7 Å². The standard InChI is InChI=1S/C15H18ClN3/c16-14-3-1-11(2-4-14)7-17-8-13-5-12(13)6-15-9-18-10-19-15/h1-4,9-10,12-13,17H,5-8H2,(H,18,19)/t12-,13-/m1/s1. The number of aromatic nitrogens is 2. The van der Waals surface area contributed by atoms with Crippen molar-refractivity contribution < 1.29 is 0 Å². The van der Waals surface area contributed by atoms with Crippen LogP contribution in [0.15, 0.2) is 36.8 Å². The van der Waals surface area contributed by atoms with E-state index < -0.39 is 0 Å². The van der Waals surface area contributed by atoms with E-state index in [1.807, 2.05) is 18.3 Å². The first-order chi connectivity index (χ1) is 9.31. The van der Waals surface area contributed by atoms with Crippen LogP contribution in [0.5, 0.6) is 0 Å². The molecule has 4 heteroatoms. The number of benzene rings is 1. The Morgan fingerprint density at radius 3 is 2.84 bits per heavy atom. The maximum atomic E-state index is 5.86. The van der Waals surface area contributed by atoms with Crippen LogP contribution in [0.1, 0.15) is 17.7 Å². The summed E-state index contributed by atoms with van der Waals surface area (Å²) in [6.07, 6.45) is 6.14. The van der Waals surface area contributed by atoms with Crippen LogP contribution >= 0.6 is 11.6 Å². The minimum Gasteiger partial charge on any atom is -0.348 e. The summed E-state index contributed by atoms with van der Waals surface area (Å²) in [5.74, 6) is 1.63. The fraction of sp³-hybridized carbons (Fsp3) is 0.400. The van der Waals surface area contributed by atoms with Gasteiger partial charge in [0.25, 0.3) is 0 Å². The molecule has 0 radical (unpaired) electrons. The van der Waals surface area contributed by atoms with Crippen LogP contribution in [0.4, 0.5) is 0 Å². The molecule has 3 nitrogen and oxygen atoms in total. The van der Waals surface area contributed by atoms with Gasteiger partial charge in [-0.25, -0.2) is 4.98 Å². The normalized spacial score (nSPS) is 21.5. The van der Waals surface area contributed by atoms with Gasteiger partial charge in [-0.05, 0) is 48.9 Å². The lowest BCUT2D eigenvalue weighted by Crippen LogP contribution is -2.17. The third-order valence-electron chi connectivity index (χ3n) is 3.75. The maximum absolute atomic E-state index is 5.86. The molecule has 19 heavy (non-hydrogen) atoms. The Morgan fingerprint density at radius 2 is 2.11 bits per heavy atom. The predicted molar refractivity (Wildman–Crippen MR) is 77.0 cm³/mol. The molecule has 2 aromatic rings. The fourth-order valence-electron chi connectivity index (χ4n) is 2.49. The summed E-state index contributed by atoms with van der Waals surface area (Å²) in [5, 5.41) is 4.32. The van der Waals surface area contributed by atoms with Crippen molar-refractivity contribution in [1.29, 1.82) is 0 Å². The number of hydrogen-bond donors (Lipinski definition) is 2. The van der Waals surface area contributed by atoms with Gasteiger partial charge >= 0.3 is 0 Å². The van der Waals surface area contributed by atoms with Gasteiger partial charge in [0.15, 0.2) is 0 Å². The van der Waals surface area contributed by atoms with Crippen molar-refractivity contribution in [3.63, 3.8) is 0 Å². The third-order valence-corrected chi connectivity index (χ3v) is 4.01. The van der Waals surface area contributed by atoms with Gasteiger partial charge in [-0.2, -0.15) is 0 Å². The van der Waals surface area contributed by atoms with E-state index in [4.69, 9.17) is 11.6 Å². The van der Waals surface area contributed by atoms with Gasteiger partial charge in [-0.3, -0.25) is 0 Å². The number of aromatic amines is 1. The van der Waals surface area contributed by atoms with Crippen LogP contribution < -0.4 is 5.32 Å². The van der Waals surface area contributed by atoms with Crippen LogP contribution in [-0.4, -0.2) is 16.5 Å². The highest BCUT2D eigenvalue weighted by molar-refractivity contribution is 6.30. The van der Waals surface area contributed by atoms with Crippen LogP contribution in [0.3, 0.4) is 0 Å². The van der Waals surface area contributed by atoms with Crippen LogP contribution in [0, 0.1) is 11.8 Å². The second-order valence-electron chi connectivity index (χ2n) is 5.29. The topological polar surface area (TPSA) is 40.7 Å². The first kappa shape index (κ1) is 12.7. The zero-order valence-electron chi connectivity index (χ0n) is 10.8. The number of H-pyrrole nitrogens is 1. The van der Waals surface area contributed by atoms with E-state index in [9.17, 15) is 0 Å². The van der Waals surface area contributed by atoms with Crippen LogP contribution in [-0.2, 0) is 13.0 Å². The van der Waals surface area contributed by atoms with Crippen LogP contribution in [0.2, 0.25) is 5.02 Å². The van der Waals surface area contributed by atoms with Gasteiger partial charge in [0.2, 0.25) is 0 Å². The molecule has 2 atom stereocenters. The number of nitrogens with one attached hydrogen (secondary N) is 2. The molecule has 1 aromatic carbocycles. The summed E-state index contributed by atoms with van der Waals surface area (Å²) in [6.45, 7) is 2.02. The SMILES string of the molecule is Clc1ccc(CNC[C@H]2C[C@@H]2Cc2cnc[nH]2)cc1. The Balaban J connectivity index is 1.37. The average molecular weight is 276 g/mol. The monoisotopic (exact) mass is 275 g/mol. The Morgan fingerprint density at radius 1 is 1.26 bits per heavy atom. The molecule has 1 aliphatic rings. The van der Waals surface area contributed by atoms with Crippen molar-refractivity contribution in [2.75, 3.05) is 6.54 Å². The molecule has 1 fully saturated rings. The number of imidazole rings is 1. The number of rotatable bonds is 6. The van der Waals surface area contributed by atoms with Crippen molar-refractivity contribution >= 4 is 11.6 Å². The molecule has 0 aliphatic heterocycles. The fourth-order valence-corrected chi connectivity index (χ4v) is 2.62. The second-order valence-corrected chi connectivity index (χ2v) is 5.73. The van der Waals surface area contributed by atoms with E-state index in [0.29, 0.717) is 0 Å². The van der Waals surface area contributed by atoms with E-state index in [1.54, 1.807) is 6.33 Å². The maximum Gasteiger partial charge on any atom is 0.0921 e. The van der Waals surface area contributed by atoms with Gasteiger partial charge in [-0.1, -0.05) is 23.7 Å². The minimum atomic E-state index is 0.797. The molecular weight excluding hydrogens is 258 g/mol. The third kappa shape index (κ3) is 3.58. The Labute approximate surface area is 118 Å². The lowest BCUT2D eigenvalue weighted by molar-refractivity contribution is 0.594. The minimum absolute atomic E-state index is 0.797. The molecular formula is C15H18ClN3. The smallest absolute Gasteiger partial charge is 0.0921 e. The molecule has 1 heterocycles. The molecule has 0 spiro atoms. The molecule has 1 saturated carbocycles. The highest BCUT2D eigenvalue weighted by Gasteiger charge is 2.36. The van der Waals surface area contributed by atoms with E-state index >= 15 is 0 Å². The summed E-state index contributed by atoms with van der Waals surface area (Å²) in [7, 11) is 0. The summed E-state index contributed by atoms with van der Waals surface area (Å²) in [4.78, 5) is 7.23. The molecule has 2 N–H and O–H groups in total. The van der Waals surface area contributed by atoms with Gasteiger partial charge < -0.3 is 10.3 Å². The van der Waals surface area contributed by atoms with Gasteiger partial charge in [0, 0.05) is 23.5 Å². The average Bonchev–Trinajstić information content (AvgIpc) is 2.93. The number of nitrogens with zero attached hydrogens (tertiary/aromatic N) is 1. The van der Waals surface area contributed by atoms with Crippen molar-refractivity contribution in [3.05, 3.63) is 53.1 Å². The molecule has 0 unspecified atom stereocenters. The largest absolute Gasteiger partial charge is 0.348 e. The van der Waals surface area contributed by atoms with E-state index in [0.717, 1.165) is 36.4 Å². The Bertz CT molecular complexity index is 507. The van der Waals surface area contributed by atoms with E-state index in [2.05, 4.69) is 27.4 Å². The molecule has 100 valence electrons. The quantitative estimate of drug-likeness (QED) is 0.851. The van der Waals surface area contributed by atoms with Gasteiger partial charge in [0.05, 0.1) is 6.33 Å². The Hall–Kier alpha value is -1.32. The molecule has 1 aliphatic carbocycles. The predicted octanol–water partition coefficient (Wildman–Crippen LogP) is 3.03. The first-order valence-electron chi connectivity index (χ1n) is 6.73. The highest BCUT2D eigenvalue weighted by atomic mass is 35.5. The van der Waals surface area contributed by atoms with Crippen molar-refractivity contribution in [2.45, 2.75) is 19.4 Å². The molecule has 0 saturated heterocycles. The van der Waals surface area contributed by atoms with Gasteiger partial charge in [0.1, 0.15) is 0 Å².